The van der Waals surface area contributed by atoms with Gasteiger partial charge in [-0.15, -0.1) is 0 Å². The van der Waals surface area contributed by atoms with Gasteiger partial charge < -0.3 is 15.5 Å². The molecule has 0 atom stereocenters. The largest absolute Gasteiger partial charge is 0.363 e. The molecule has 1 fully saturated rings. The molecular formula is C19H33N5. The van der Waals surface area contributed by atoms with Crippen molar-refractivity contribution >= 4 is 11.8 Å². The van der Waals surface area contributed by atoms with Crippen molar-refractivity contribution in [3.05, 3.63) is 23.9 Å². The van der Waals surface area contributed by atoms with Gasteiger partial charge in [-0.05, 0) is 48.3 Å². The lowest BCUT2D eigenvalue weighted by Gasteiger charge is -2.43. The number of aromatic nitrogens is 1. The molecule has 0 aromatic carbocycles. The summed E-state index contributed by atoms with van der Waals surface area (Å²) >= 11 is 0. The minimum absolute atomic E-state index is 0.473. The van der Waals surface area contributed by atoms with E-state index in [1.54, 1.807) is 0 Å². The monoisotopic (exact) mass is 331 g/mol. The second kappa shape index (κ2) is 8.36. The fourth-order valence-corrected chi connectivity index (χ4v) is 3.49. The number of nitrogens with zero attached hydrogens (tertiary/aromatic N) is 3. The standard InChI is InChI=1S/C19H33N5/c1-15(2)12-19(8-6-9-19)14-23-18(20-3)22-13-16-7-10-21-17(11-16)24(4)5/h7,10-11,15H,6,8-9,12-14H2,1-5H3,(H2,20,22,23). The van der Waals surface area contributed by atoms with E-state index in [-0.39, 0.29) is 0 Å². The lowest BCUT2D eigenvalue weighted by molar-refractivity contribution is 0.104. The molecule has 0 aliphatic heterocycles. The lowest BCUT2D eigenvalue weighted by atomic mass is 9.64. The third-order valence-corrected chi connectivity index (χ3v) is 4.84. The van der Waals surface area contributed by atoms with E-state index in [9.17, 15) is 0 Å². The average molecular weight is 332 g/mol. The molecule has 134 valence electrons. The van der Waals surface area contributed by atoms with Crippen LogP contribution in [0.25, 0.3) is 0 Å². The van der Waals surface area contributed by atoms with Gasteiger partial charge >= 0.3 is 0 Å². The Morgan fingerprint density at radius 3 is 2.62 bits per heavy atom. The summed E-state index contributed by atoms with van der Waals surface area (Å²) < 4.78 is 0. The van der Waals surface area contributed by atoms with Gasteiger partial charge in [-0.1, -0.05) is 20.3 Å². The molecule has 5 nitrogen and oxygen atoms in total. The quantitative estimate of drug-likeness (QED) is 0.596. The molecule has 0 saturated heterocycles. The normalized spacial score (nSPS) is 16.7. The van der Waals surface area contributed by atoms with Crippen LogP contribution in [-0.4, -0.2) is 38.6 Å². The summed E-state index contributed by atoms with van der Waals surface area (Å²) in [5.74, 6) is 2.61. The number of hydrogen-bond donors (Lipinski definition) is 2. The Morgan fingerprint density at radius 2 is 2.08 bits per heavy atom. The molecule has 1 aliphatic carbocycles. The Bertz CT molecular complexity index is 546. The molecule has 1 heterocycles. The summed E-state index contributed by atoms with van der Waals surface area (Å²) in [5, 5.41) is 6.96. The third-order valence-electron chi connectivity index (χ3n) is 4.84. The van der Waals surface area contributed by atoms with Gasteiger partial charge in [0.25, 0.3) is 0 Å². The number of pyridine rings is 1. The summed E-state index contributed by atoms with van der Waals surface area (Å²) in [6.07, 6.45) is 7.20. The maximum Gasteiger partial charge on any atom is 0.191 e. The van der Waals surface area contributed by atoms with Gasteiger partial charge in [-0.25, -0.2) is 4.98 Å². The Kier molecular flexibility index (Phi) is 6.46. The summed E-state index contributed by atoms with van der Waals surface area (Å²) in [6.45, 7) is 6.40. The summed E-state index contributed by atoms with van der Waals surface area (Å²) in [5.41, 5.74) is 1.68. The van der Waals surface area contributed by atoms with E-state index < -0.39 is 0 Å². The molecule has 1 saturated carbocycles. The Hall–Kier alpha value is -1.78. The minimum Gasteiger partial charge on any atom is -0.363 e. The van der Waals surface area contributed by atoms with E-state index in [2.05, 4.69) is 40.5 Å². The van der Waals surface area contributed by atoms with Crippen LogP contribution in [0.4, 0.5) is 5.82 Å². The van der Waals surface area contributed by atoms with Gasteiger partial charge in [0.2, 0.25) is 0 Å². The fourth-order valence-electron chi connectivity index (χ4n) is 3.49. The first-order valence-corrected chi connectivity index (χ1v) is 9.01. The molecule has 2 N–H and O–H groups in total. The minimum atomic E-state index is 0.473. The van der Waals surface area contributed by atoms with E-state index in [1.807, 2.05) is 38.3 Å². The van der Waals surface area contributed by atoms with E-state index in [4.69, 9.17) is 0 Å². The van der Waals surface area contributed by atoms with Crippen molar-refractivity contribution in [3.63, 3.8) is 0 Å². The SMILES string of the molecule is CN=C(NCc1ccnc(N(C)C)c1)NCC1(CC(C)C)CCC1. The number of guanidine groups is 1. The first kappa shape index (κ1) is 18.6. The van der Waals surface area contributed by atoms with Crippen LogP contribution in [-0.2, 0) is 6.54 Å². The highest BCUT2D eigenvalue weighted by Gasteiger charge is 2.37. The number of nitrogens with one attached hydrogen (secondary N) is 2. The van der Waals surface area contributed by atoms with Crippen molar-refractivity contribution in [2.75, 3.05) is 32.6 Å². The second-order valence-corrected chi connectivity index (χ2v) is 7.65. The zero-order valence-corrected chi connectivity index (χ0v) is 15.9. The Morgan fingerprint density at radius 1 is 1.33 bits per heavy atom. The van der Waals surface area contributed by atoms with E-state index in [0.29, 0.717) is 5.41 Å². The zero-order valence-electron chi connectivity index (χ0n) is 15.9. The topological polar surface area (TPSA) is 52.6 Å². The van der Waals surface area contributed by atoms with E-state index in [1.165, 1.54) is 31.2 Å². The first-order valence-electron chi connectivity index (χ1n) is 9.01. The highest BCUT2D eigenvalue weighted by molar-refractivity contribution is 5.79. The highest BCUT2D eigenvalue weighted by atomic mass is 15.2. The predicted octanol–water partition coefficient (Wildman–Crippen LogP) is 3.03. The van der Waals surface area contributed by atoms with E-state index in [0.717, 1.165) is 30.8 Å². The van der Waals surface area contributed by atoms with Crippen molar-refractivity contribution in [1.29, 1.82) is 0 Å². The molecule has 0 amide bonds. The van der Waals surface area contributed by atoms with Gasteiger partial charge in [0.15, 0.2) is 5.96 Å². The molecule has 0 spiro atoms. The van der Waals surface area contributed by atoms with Crippen molar-refractivity contribution in [2.24, 2.45) is 16.3 Å². The van der Waals surface area contributed by atoms with Crippen LogP contribution in [0.5, 0.6) is 0 Å². The molecule has 0 unspecified atom stereocenters. The van der Waals surface area contributed by atoms with E-state index >= 15 is 0 Å². The number of aliphatic imine (C=N–C) groups is 1. The predicted molar refractivity (Wildman–Crippen MR) is 103 cm³/mol. The lowest BCUT2D eigenvalue weighted by Crippen LogP contribution is -2.46. The van der Waals surface area contributed by atoms with Gasteiger partial charge in [0.05, 0.1) is 0 Å². The van der Waals surface area contributed by atoms with Gasteiger partial charge in [-0.3, -0.25) is 4.99 Å². The number of rotatable bonds is 7. The summed E-state index contributed by atoms with van der Waals surface area (Å²) in [7, 11) is 5.85. The average Bonchev–Trinajstić information content (AvgIpc) is 2.52. The Balaban J connectivity index is 1.85. The van der Waals surface area contributed by atoms with Crippen LogP contribution in [0.15, 0.2) is 23.3 Å². The van der Waals surface area contributed by atoms with Crippen LogP contribution in [0.1, 0.15) is 45.1 Å². The smallest absolute Gasteiger partial charge is 0.191 e. The molecule has 0 bridgehead atoms. The van der Waals surface area contributed by atoms with Gasteiger partial charge in [0, 0.05) is 40.4 Å². The van der Waals surface area contributed by atoms with Crippen LogP contribution in [0.2, 0.25) is 0 Å². The molecule has 1 aromatic heterocycles. The maximum atomic E-state index is 4.37. The van der Waals surface area contributed by atoms with Crippen molar-refractivity contribution in [1.82, 2.24) is 15.6 Å². The van der Waals surface area contributed by atoms with Crippen molar-refractivity contribution in [3.8, 4) is 0 Å². The van der Waals surface area contributed by atoms with Crippen LogP contribution >= 0.6 is 0 Å². The third kappa shape index (κ3) is 5.11. The molecule has 24 heavy (non-hydrogen) atoms. The number of anilines is 1. The second-order valence-electron chi connectivity index (χ2n) is 7.65. The van der Waals surface area contributed by atoms with Gasteiger partial charge in [-0.2, -0.15) is 0 Å². The fraction of sp³-hybridized carbons (Fsp3) is 0.684. The van der Waals surface area contributed by atoms with Crippen LogP contribution < -0.4 is 15.5 Å². The summed E-state index contributed by atoms with van der Waals surface area (Å²) in [4.78, 5) is 10.7. The molecule has 0 radical (unpaired) electrons. The Labute approximate surface area is 147 Å². The van der Waals surface area contributed by atoms with Crippen molar-refractivity contribution in [2.45, 2.75) is 46.1 Å². The molecule has 2 rings (SSSR count). The van der Waals surface area contributed by atoms with Crippen LogP contribution in [0.3, 0.4) is 0 Å². The van der Waals surface area contributed by atoms with Gasteiger partial charge in [0.1, 0.15) is 5.82 Å². The number of hydrogen-bond acceptors (Lipinski definition) is 3. The highest BCUT2D eigenvalue weighted by Crippen LogP contribution is 2.45. The zero-order chi connectivity index (χ0) is 17.6. The molecule has 5 heteroatoms. The van der Waals surface area contributed by atoms with Crippen LogP contribution in [0, 0.1) is 11.3 Å². The molecular weight excluding hydrogens is 298 g/mol. The molecule has 1 aliphatic rings. The molecule has 1 aromatic rings. The summed E-state index contributed by atoms with van der Waals surface area (Å²) in [6, 6.07) is 4.14. The van der Waals surface area contributed by atoms with Crippen molar-refractivity contribution < 1.29 is 0 Å². The maximum absolute atomic E-state index is 4.37. The first-order chi connectivity index (χ1) is 11.4.